The number of hydrogen-bond donors (Lipinski definition) is 0. The van der Waals surface area contributed by atoms with Crippen molar-refractivity contribution in [1.82, 2.24) is 0 Å². The number of carbonyl (C=O) groups is 1. The average molecular weight is 357 g/mol. The summed E-state index contributed by atoms with van der Waals surface area (Å²) in [5.74, 6) is 6.25. The molecule has 20 heavy (non-hydrogen) atoms. The van der Waals surface area contributed by atoms with Crippen LogP contribution in [0.4, 0.5) is 0 Å². The fraction of sp³-hybridized carbons (Fsp3) is 0.438. The van der Waals surface area contributed by atoms with Gasteiger partial charge >= 0.3 is 5.97 Å². The van der Waals surface area contributed by atoms with E-state index in [1.54, 1.807) is 6.07 Å². The highest BCUT2D eigenvalue weighted by molar-refractivity contribution is 9.10. The molecule has 0 saturated carbocycles. The number of esters is 1. The Morgan fingerprint density at radius 2 is 1.85 bits per heavy atom. The van der Waals surface area contributed by atoms with Crippen LogP contribution >= 0.6 is 26.0 Å². The summed E-state index contributed by atoms with van der Waals surface area (Å²) in [5, 5.41) is 3.47. The van der Waals surface area contributed by atoms with Gasteiger partial charge in [0.15, 0.2) is 0 Å². The highest BCUT2D eigenvalue weighted by Crippen LogP contribution is 2.45. The van der Waals surface area contributed by atoms with Crippen LogP contribution in [-0.2, 0) is 4.74 Å². The molecule has 0 unspecified atom stereocenters. The Bertz CT molecular complexity index is 531. The minimum absolute atomic E-state index is 0.347. The second kappa shape index (κ2) is 7.75. The molecule has 4 heteroatoms. The number of ether oxygens (including phenoxy) is 1. The highest BCUT2D eigenvalue weighted by Gasteiger charge is 2.15. The molecule has 0 aliphatic heterocycles. The van der Waals surface area contributed by atoms with Crippen LogP contribution in [0, 0.1) is 11.2 Å². The molecular formula is C16H21BrO2S. The van der Waals surface area contributed by atoms with Crippen molar-refractivity contribution < 1.29 is 9.53 Å². The molecule has 0 spiro atoms. The van der Waals surface area contributed by atoms with Gasteiger partial charge in [-0.1, -0.05) is 32.8 Å². The molecule has 0 radical (unpaired) electrons. The first-order valence-electron chi connectivity index (χ1n) is 6.69. The van der Waals surface area contributed by atoms with Crippen LogP contribution in [0.15, 0.2) is 22.7 Å². The van der Waals surface area contributed by atoms with E-state index < -0.39 is 10.0 Å². The summed E-state index contributed by atoms with van der Waals surface area (Å²) < 4.78 is 5.49. The van der Waals surface area contributed by atoms with Gasteiger partial charge in [-0.15, -0.1) is 0 Å². The Balaban J connectivity index is 3.21. The topological polar surface area (TPSA) is 26.3 Å². The Kier molecular flexibility index (Phi) is 6.64. The second-order valence-electron chi connectivity index (χ2n) is 4.30. The van der Waals surface area contributed by atoms with Gasteiger partial charge in [0, 0.05) is 10.0 Å². The van der Waals surface area contributed by atoms with Gasteiger partial charge in [-0.05, 0) is 50.6 Å². The molecule has 0 aromatic heterocycles. The van der Waals surface area contributed by atoms with E-state index in [2.05, 4.69) is 47.9 Å². The molecule has 0 saturated heterocycles. The predicted octanol–water partition coefficient (Wildman–Crippen LogP) is 4.41. The SMILES string of the molecule is CCS(C#Cc1cccc(C(=O)OC)c1Br)(CC)CC. The molecule has 1 aromatic carbocycles. The maximum Gasteiger partial charge on any atom is 0.339 e. The Labute approximate surface area is 131 Å². The molecule has 0 heterocycles. The third-order valence-electron chi connectivity index (χ3n) is 3.46. The van der Waals surface area contributed by atoms with E-state index in [0.717, 1.165) is 27.3 Å². The molecule has 1 rings (SSSR count). The molecule has 0 atom stereocenters. The first-order valence-corrected chi connectivity index (χ1v) is 9.62. The lowest BCUT2D eigenvalue weighted by atomic mass is 10.1. The minimum atomic E-state index is -0.862. The van der Waals surface area contributed by atoms with Gasteiger partial charge in [0.25, 0.3) is 0 Å². The van der Waals surface area contributed by atoms with E-state index in [4.69, 9.17) is 4.74 Å². The van der Waals surface area contributed by atoms with Crippen LogP contribution < -0.4 is 0 Å². The van der Waals surface area contributed by atoms with Crippen molar-refractivity contribution in [2.75, 3.05) is 24.4 Å². The van der Waals surface area contributed by atoms with Crippen LogP contribution in [0.2, 0.25) is 0 Å². The number of methoxy groups -OCH3 is 1. The van der Waals surface area contributed by atoms with Crippen LogP contribution in [0.25, 0.3) is 0 Å². The third kappa shape index (κ3) is 3.80. The van der Waals surface area contributed by atoms with E-state index in [9.17, 15) is 4.79 Å². The average Bonchev–Trinajstić information content (AvgIpc) is 2.49. The molecule has 0 fully saturated rings. The standard InChI is InChI=1S/C16H21BrO2S/c1-5-20(6-2,7-3)12-11-13-9-8-10-14(15(13)17)16(18)19-4/h8-10H,5-7H2,1-4H3. The molecule has 0 aliphatic carbocycles. The van der Waals surface area contributed by atoms with Crippen molar-refractivity contribution in [3.8, 4) is 11.2 Å². The third-order valence-corrected chi connectivity index (χ3v) is 8.17. The Morgan fingerprint density at radius 3 is 2.35 bits per heavy atom. The molecule has 110 valence electrons. The fourth-order valence-electron chi connectivity index (χ4n) is 1.89. The molecule has 0 N–H and O–H groups in total. The van der Waals surface area contributed by atoms with Gasteiger partial charge in [0.05, 0.1) is 12.7 Å². The number of hydrogen-bond acceptors (Lipinski definition) is 2. The van der Waals surface area contributed by atoms with Gasteiger partial charge < -0.3 is 4.74 Å². The normalized spacial score (nSPS) is 11.4. The summed E-state index contributed by atoms with van der Waals surface area (Å²) in [5.41, 5.74) is 1.37. The van der Waals surface area contributed by atoms with Crippen LogP contribution in [-0.4, -0.2) is 30.3 Å². The van der Waals surface area contributed by atoms with Crippen LogP contribution in [0.1, 0.15) is 36.7 Å². The molecule has 2 nitrogen and oxygen atoms in total. The zero-order valence-corrected chi connectivity index (χ0v) is 14.9. The van der Waals surface area contributed by atoms with Crippen molar-refractivity contribution >= 4 is 31.9 Å². The van der Waals surface area contributed by atoms with Crippen molar-refractivity contribution in [2.45, 2.75) is 20.8 Å². The zero-order chi connectivity index (χ0) is 15.2. The van der Waals surface area contributed by atoms with E-state index in [1.807, 2.05) is 12.1 Å². The fourth-order valence-corrected chi connectivity index (χ4v) is 4.40. The lowest BCUT2D eigenvalue weighted by Crippen LogP contribution is -2.06. The Morgan fingerprint density at radius 1 is 1.25 bits per heavy atom. The summed E-state index contributed by atoms with van der Waals surface area (Å²) in [4.78, 5) is 11.7. The van der Waals surface area contributed by atoms with Crippen LogP contribution in [0.5, 0.6) is 0 Å². The lowest BCUT2D eigenvalue weighted by molar-refractivity contribution is 0.0599. The number of benzene rings is 1. The van der Waals surface area contributed by atoms with Gasteiger partial charge in [0.1, 0.15) is 0 Å². The maximum atomic E-state index is 11.7. The quantitative estimate of drug-likeness (QED) is 0.589. The molecular weight excluding hydrogens is 336 g/mol. The smallest absolute Gasteiger partial charge is 0.339 e. The van der Waals surface area contributed by atoms with E-state index in [1.165, 1.54) is 7.11 Å². The summed E-state index contributed by atoms with van der Waals surface area (Å²) in [7, 11) is 0.521. The number of halogens is 1. The summed E-state index contributed by atoms with van der Waals surface area (Å²) in [6, 6.07) is 5.50. The van der Waals surface area contributed by atoms with Crippen molar-refractivity contribution in [1.29, 1.82) is 0 Å². The number of carbonyl (C=O) groups excluding carboxylic acids is 1. The van der Waals surface area contributed by atoms with E-state index in [0.29, 0.717) is 5.56 Å². The summed E-state index contributed by atoms with van der Waals surface area (Å²) in [6.07, 6.45) is 0. The van der Waals surface area contributed by atoms with Gasteiger partial charge in [-0.3, -0.25) is 0 Å². The second-order valence-corrected chi connectivity index (χ2v) is 9.12. The number of rotatable bonds is 4. The highest BCUT2D eigenvalue weighted by atomic mass is 79.9. The molecule has 0 aliphatic rings. The lowest BCUT2D eigenvalue weighted by Gasteiger charge is -2.30. The molecule has 0 amide bonds. The monoisotopic (exact) mass is 356 g/mol. The van der Waals surface area contributed by atoms with Crippen molar-refractivity contribution in [3.05, 3.63) is 33.8 Å². The van der Waals surface area contributed by atoms with Gasteiger partial charge in [-0.25, -0.2) is 4.79 Å². The summed E-state index contributed by atoms with van der Waals surface area (Å²) >= 11 is 3.46. The molecule has 0 bridgehead atoms. The predicted molar refractivity (Wildman–Crippen MR) is 91.6 cm³/mol. The summed E-state index contributed by atoms with van der Waals surface area (Å²) in [6.45, 7) is 6.62. The first-order chi connectivity index (χ1) is 9.53. The van der Waals surface area contributed by atoms with Crippen LogP contribution in [0.3, 0.4) is 0 Å². The Hall–Kier alpha value is -0.920. The van der Waals surface area contributed by atoms with E-state index >= 15 is 0 Å². The van der Waals surface area contributed by atoms with E-state index in [-0.39, 0.29) is 5.97 Å². The van der Waals surface area contributed by atoms with Gasteiger partial charge in [0.2, 0.25) is 0 Å². The molecule has 1 aromatic rings. The maximum absolute atomic E-state index is 11.7. The first kappa shape index (κ1) is 17.1. The largest absolute Gasteiger partial charge is 0.465 e. The zero-order valence-electron chi connectivity index (χ0n) is 12.5. The van der Waals surface area contributed by atoms with Crippen molar-refractivity contribution in [2.24, 2.45) is 0 Å². The van der Waals surface area contributed by atoms with Crippen molar-refractivity contribution in [3.63, 3.8) is 0 Å². The minimum Gasteiger partial charge on any atom is -0.465 e. The van der Waals surface area contributed by atoms with Gasteiger partial charge in [-0.2, -0.15) is 10.0 Å².